The molecule has 3 N–H and O–H groups in total. The molecule has 3 rings (SSSR count). The van der Waals surface area contributed by atoms with Gasteiger partial charge in [0.2, 0.25) is 0 Å². The van der Waals surface area contributed by atoms with E-state index in [4.69, 9.17) is 26.5 Å². The molecule has 28 heavy (non-hydrogen) atoms. The molecule has 0 aliphatic carbocycles. The monoisotopic (exact) mass is 428 g/mol. The number of benzene rings is 1. The number of carbonyl (C=O) groups excluding carboxylic acids is 1. The average molecular weight is 429 g/mol. The van der Waals surface area contributed by atoms with E-state index in [1.165, 1.54) is 7.11 Å². The van der Waals surface area contributed by atoms with Gasteiger partial charge in [0.1, 0.15) is 22.7 Å². The third-order valence-electron chi connectivity index (χ3n) is 3.75. The number of ether oxygens (including phenoxy) is 1. The zero-order chi connectivity index (χ0) is 20.4. The lowest BCUT2D eigenvalue weighted by atomic mass is 10.2. The molecule has 3 aromatic rings. The first kappa shape index (κ1) is 20.1. The highest BCUT2D eigenvalue weighted by molar-refractivity contribution is 7.99. The number of anilines is 1. The maximum absolute atomic E-state index is 13.4. The molecule has 0 fully saturated rings. The topological polar surface area (TPSA) is 133 Å². The van der Waals surface area contributed by atoms with Gasteiger partial charge in [-0.25, -0.2) is 14.2 Å². The van der Waals surface area contributed by atoms with Crippen LogP contribution >= 0.6 is 23.4 Å². The minimum Gasteiger partial charge on any atom is -0.430 e. The van der Waals surface area contributed by atoms with Gasteiger partial charge < -0.3 is 14.9 Å². The molecule has 12 heteroatoms. The van der Waals surface area contributed by atoms with E-state index in [-0.39, 0.29) is 51.6 Å². The van der Waals surface area contributed by atoms with Crippen LogP contribution in [-0.4, -0.2) is 39.8 Å². The molecule has 1 aromatic carbocycles. The molecular weight excluding hydrogens is 415 g/mol. The largest absolute Gasteiger partial charge is 0.430 e. The fourth-order valence-electron chi connectivity index (χ4n) is 2.46. The predicted octanol–water partition coefficient (Wildman–Crippen LogP) is 1.67. The first-order valence-corrected chi connectivity index (χ1v) is 9.21. The molecule has 0 spiro atoms. The fourth-order valence-corrected chi connectivity index (χ4v) is 3.41. The summed E-state index contributed by atoms with van der Waals surface area (Å²) in [4.78, 5) is 42.5. The standard InChI is InChI=1S/C16H14ClFN4O5S/c1-26-3-2-22-13(19)11(14(24)21-15(22)25)10(23)6-28-16-20-9-5-7(18)4-8(17)12(9)27-16/h4-5H,2-3,6,19H2,1H3,(H,21,24,25). The third-order valence-corrected chi connectivity index (χ3v) is 4.86. The quantitative estimate of drug-likeness (QED) is 0.429. The summed E-state index contributed by atoms with van der Waals surface area (Å²) in [5.74, 6) is -1.70. The second-order valence-electron chi connectivity index (χ2n) is 5.59. The van der Waals surface area contributed by atoms with Crippen molar-refractivity contribution in [3.63, 3.8) is 0 Å². The Morgan fingerprint density at radius 3 is 2.93 bits per heavy atom. The lowest BCUT2D eigenvalue weighted by Crippen LogP contribution is -2.37. The second-order valence-corrected chi connectivity index (χ2v) is 6.93. The van der Waals surface area contributed by atoms with Crippen LogP contribution in [0.15, 0.2) is 31.4 Å². The third kappa shape index (κ3) is 3.96. The predicted molar refractivity (Wildman–Crippen MR) is 102 cm³/mol. The Kier molecular flexibility index (Phi) is 5.87. The highest BCUT2D eigenvalue weighted by Gasteiger charge is 2.21. The van der Waals surface area contributed by atoms with Crippen molar-refractivity contribution in [3.8, 4) is 0 Å². The van der Waals surface area contributed by atoms with Gasteiger partial charge in [-0.3, -0.25) is 19.1 Å². The van der Waals surface area contributed by atoms with Gasteiger partial charge in [0.15, 0.2) is 11.4 Å². The van der Waals surface area contributed by atoms with E-state index in [0.29, 0.717) is 0 Å². The van der Waals surface area contributed by atoms with Gasteiger partial charge >= 0.3 is 5.69 Å². The summed E-state index contributed by atoms with van der Waals surface area (Å²) >= 11 is 6.78. The molecule has 0 aliphatic heterocycles. The first-order chi connectivity index (χ1) is 13.3. The van der Waals surface area contributed by atoms with Crippen molar-refractivity contribution in [1.29, 1.82) is 0 Å². The van der Waals surface area contributed by atoms with Crippen LogP contribution < -0.4 is 17.0 Å². The van der Waals surface area contributed by atoms with Crippen LogP contribution in [0.25, 0.3) is 11.1 Å². The van der Waals surface area contributed by atoms with Gasteiger partial charge in [-0.15, -0.1) is 0 Å². The number of carbonyl (C=O) groups is 1. The molecule has 2 heterocycles. The number of halogens is 2. The van der Waals surface area contributed by atoms with Crippen LogP contribution in [0.2, 0.25) is 5.02 Å². The van der Waals surface area contributed by atoms with Crippen LogP contribution in [-0.2, 0) is 11.3 Å². The zero-order valence-electron chi connectivity index (χ0n) is 14.5. The van der Waals surface area contributed by atoms with Crippen molar-refractivity contribution >= 4 is 46.1 Å². The number of ketones is 1. The smallest absolute Gasteiger partial charge is 0.330 e. The van der Waals surface area contributed by atoms with Crippen LogP contribution in [0.5, 0.6) is 0 Å². The Morgan fingerprint density at radius 2 is 2.21 bits per heavy atom. The number of rotatable bonds is 7. The summed E-state index contributed by atoms with van der Waals surface area (Å²) in [6.45, 7) is 0.235. The Hall–Kier alpha value is -2.63. The molecule has 0 aliphatic rings. The summed E-state index contributed by atoms with van der Waals surface area (Å²) in [5, 5.41) is 0.116. The molecule has 2 aromatic heterocycles. The van der Waals surface area contributed by atoms with E-state index < -0.39 is 22.8 Å². The van der Waals surface area contributed by atoms with Gasteiger partial charge in [-0.2, -0.15) is 0 Å². The van der Waals surface area contributed by atoms with Crippen molar-refractivity contribution in [3.05, 3.63) is 49.4 Å². The van der Waals surface area contributed by atoms with Gasteiger partial charge in [0.05, 0.1) is 23.9 Å². The number of aromatic nitrogens is 3. The Balaban J connectivity index is 1.85. The summed E-state index contributed by atoms with van der Waals surface area (Å²) < 4.78 is 24.7. The van der Waals surface area contributed by atoms with Crippen molar-refractivity contribution in [1.82, 2.24) is 14.5 Å². The maximum Gasteiger partial charge on any atom is 0.330 e. The van der Waals surface area contributed by atoms with Crippen molar-refractivity contribution < 1.29 is 18.3 Å². The molecule has 0 bridgehead atoms. The van der Waals surface area contributed by atoms with Crippen molar-refractivity contribution in [2.75, 3.05) is 25.2 Å². The molecule has 148 valence electrons. The number of hydrogen-bond acceptors (Lipinski definition) is 8. The highest BCUT2D eigenvalue weighted by atomic mass is 35.5. The summed E-state index contributed by atoms with van der Waals surface area (Å²) in [6.07, 6.45) is 0. The lowest BCUT2D eigenvalue weighted by molar-refractivity contribution is 0.102. The first-order valence-electron chi connectivity index (χ1n) is 7.85. The minimum absolute atomic E-state index is 0.0478. The number of methoxy groups -OCH3 is 1. The lowest BCUT2D eigenvalue weighted by Gasteiger charge is -2.11. The summed E-state index contributed by atoms with van der Waals surface area (Å²) in [7, 11) is 1.44. The van der Waals surface area contributed by atoms with Crippen LogP contribution in [0.4, 0.5) is 10.2 Å². The number of H-pyrrole nitrogens is 1. The molecule has 0 amide bonds. The van der Waals surface area contributed by atoms with Crippen LogP contribution in [0.3, 0.4) is 0 Å². The van der Waals surface area contributed by atoms with E-state index >= 15 is 0 Å². The number of thioether (sulfide) groups is 1. The second kappa shape index (κ2) is 8.17. The van der Waals surface area contributed by atoms with Gasteiger partial charge in [-0.1, -0.05) is 23.4 Å². The number of nitrogens with one attached hydrogen (secondary N) is 1. The fraction of sp³-hybridized carbons (Fsp3) is 0.250. The minimum atomic E-state index is -0.885. The number of aromatic amines is 1. The molecule has 0 unspecified atom stereocenters. The Labute approximate surface area is 165 Å². The van der Waals surface area contributed by atoms with Gasteiger partial charge in [-0.05, 0) is 6.07 Å². The highest BCUT2D eigenvalue weighted by Crippen LogP contribution is 2.30. The number of nitrogen functional groups attached to an aromatic ring is 1. The number of oxazole rings is 1. The molecular formula is C16H14ClFN4O5S. The van der Waals surface area contributed by atoms with Crippen molar-refractivity contribution in [2.24, 2.45) is 0 Å². The zero-order valence-corrected chi connectivity index (χ0v) is 16.0. The van der Waals surface area contributed by atoms with E-state index in [2.05, 4.69) is 9.97 Å². The number of nitrogens with zero attached hydrogens (tertiary/aromatic N) is 2. The van der Waals surface area contributed by atoms with Crippen LogP contribution in [0, 0.1) is 5.82 Å². The summed E-state index contributed by atoms with van der Waals surface area (Å²) in [6, 6.07) is 2.23. The normalized spacial score (nSPS) is 11.2. The number of hydrogen-bond donors (Lipinski definition) is 2. The van der Waals surface area contributed by atoms with Gasteiger partial charge in [0, 0.05) is 13.2 Å². The molecule has 9 nitrogen and oxygen atoms in total. The molecule has 0 saturated carbocycles. The maximum atomic E-state index is 13.4. The Bertz CT molecular complexity index is 1170. The number of Topliss-reactive ketones (excluding diaryl/α,β-unsaturated/α-hetero) is 1. The average Bonchev–Trinajstić information content (AvgIpc) is 3.02. The Morgan fingerprint density at radius 1 is 1.46 bits per heavy atom. The van der Waals surface area contributed by atoms with E-state index in [1.807, 2.05) is 0 Å². The number of nitrogens with two attached hydrogens (primary N) is 1. The SMILES string of the molecule is COCCn1c(N)c(C(=O)CSc2nc3cc(F)cc(Cl)c3o2)c(=O)[nH]c1=O. The molecule has 0 saturated heterocycles. The van der Waals surface area contributed by atoms with E-state index in [1.54, 1.807) is 0 Å². The summed E-state index contributed by atoms with van der Waals surface area (Å²) in [5.41, 5.74) is 4.27. The van der Waals surface area contributed by atoms with E-state index in [0.717, 1.165) is 28.5 Å². The van der Waals surface area contributed by atoms with Gasteiger partial charge in [0.25, 0.3) is 10.8 Å². The van der Waals surface area contributed by atoms with E-state index in [9.17, 15) is 18.8 Å². The van der Waals surface area contributed by atoms with Crippen molar-refractivity contribution in [2.45, 2.75) is 11.8 Å². The molecule has 0 atom stereocenters. The number of fused-ring (bicyclic) bond motifs is 1. The molecule has 0 radical (unpaired) electrons. The van der Waals surface area contributed by atoms with Crippen LogP contribution in [0.1, 0.15) is 10.4 Å².